The van der Waals surface area contributed by atoms with Crippen molar-refractivity contribution in [2.75, 3.05) is 15.9 Å². The van der Waals surface area contributed by atoms with Crippen molar-refractivity contribution in [3.63, 3.8) is 0 Å². The minimum atomic E-state index is -4.39. The molecule has 2 N–H and O–H groups in total. The fourth-order valence-corrected chi connectivity index (χ4v) is 11.2. The van der Waals surface area contributed by atoms with Gasteiger partial charge in [0.15, 0.2) is 11.6 Å². The number of carbonyl (C=O) groups excluding carboxylic acids is 2. The van der Waals surface area contributed by atoms with Crippen molar-refractivity contribution in [1.82, 2.24) is 0 Å². The monoisotopic (exact) mass is 706 g/mol. The second-order valence-electron chi connectivity index (χ2n) is 12.5. The molecule has 2 aliphatic rings. The average molecular weight is 707 g/mol. The number of hydrogen-bond donors (Lipinski definition) is 2. The normalized spacial score (nSPS) is 32.4. The van der Waals surface area contributed by atoms with E-state index >= 15 is 0 Å². The Bertz CT molecular complexity index is 1370. The van der Waals surface area contributed by atoms with Gasteiger partial charge in [-0.2, -0.15) is 16.8 Å². The summed E-state index contributed by atoms with van der Waals surface area (Å²) in [5.41, 5.74) is -1.46. The van der Waals surface area contributed by atoms with Crippen LogP contribution in [0.4, 0.5) is 0 Å². The third-order valence-corrected chi connectivity index (χ3v) is 13.2. The Morgan fingerprint density at radius 1 is 0.750 bits per heavy atom. The fraction of sp³-hybridized carbons (Fsp3) is 0.586. The highest BCUT2D eigenvalue weighted by Crippen LogP contribution is 2.59. The summed E-state index contributed by atoms with van der Waals surface area (Å²) in [5, 5.41) is 0. The molecule has 0 aliphatic heterocycles. The topological polar surface area (TPSA) is 143 Å². The summed E-state index contributed by atoms with van der Waals surface area (Å²) in [6.07, 6.45) is 3.78. The van der Waals surface area contributed by atoms with Gasteiger partial charge in [-0.1, -0.05) is 95.3 Å². The molecule has 0 aromatic heterocycles. The van der Waals surface area contributed by atoms with Crippen molar-refractivity contribution >= 4 is 66.5 Å². The van der Waals surface area contributed by atoms with Crippen molar-refractivity contribution in [1.29, 1.82) is 0 Å². The molecule has 0 amide bonds. The third-order valence-electron chi connectivity index (χ3n) is 10.2. The average Bonchev–Trinajstić information content (AvgIpc) is 3.05. The zero-order chi connectivity index (χ0) is 30.7. The van der Waals surface area contributed by atoms with Crippen LogP contribution in [0.1, 0.15) is 66.0 Å². The zero-order valence-corrected chi connectivity index (χ0v) is 27.8. The Hall–Kier alpha value is -1.41. The number of benzene rings is 1. The van der Waals surface area contributed by atoms with Gasteiger partial charge in [-0.05, 0) is 63.5 Å². The second-order valence-corrected chi connectivity index (χ2v) is 16.2. The van der Waals surface area contributed by atoms with E-state index < -0.39 is 53.4 Å². The summed E-state index contributed by atoms with van der Waals surface area (Å²) in [6.45, 7) is 13.0. The third kappa shape index (κ3) is 5.41. The molecule has 3 rings (SSSR count). The number of hydrogen-bond acceptors (Lipinski definition) is 6. The molecule has 0 heterocycles. The summed E-state index contributed by atoms with van der Waals surface area (Å²) >= 11 is 2.01. The quantitative estimate of drug-likeness (QED) is 0.155. The van der Waals surface area contributed by atoms with Crippen molar-refractivity contribution in [2.24, 2.45) is 33.5 Å². The molecule has 2 fully saturated rings. The van der Waals surface area contributed by atoms with Gasteiger partial charge in [-0.3, -0.25) is 18.7 Å². The van der Waals surface area contributed by atoms with Crippen LogP contribution in [0.25, 0.3) is 12.2 Å². The predicted molar refractivity (Wildman–Crippen MR) is 165 cm³/mol. The highest BCUT2D eigenvalue weighted by atomic mass is 127. The predicted octanol–water partition coefficient (Wildman–Crippen LogP) is 5.54. The van der Waals surface area contributed by atoms with E-state index in [4.69, 9.17) is 0 Å². The van der Waals surface area contributed by atoms with Gasteiger partial charge >= 0.3 is 0 Å². The van der Waals surface area contributed by atoms with Gasteiger partial charge in [0.1, 0.15) is 0 Å². The first-order chi connectivity index (χ1) is 18.1. The minimum absolute atomic E-state index is 0.240. The summed E-state index contributed by atoms with van der Waals surface area (Å²) in [5.74, 6) is -2.35. The summed E-state index contributed by atoms with van der Waals surface area (Å²) in [6, 6.07) is 7.22. The SMILES string of the molecule is CCC1(CS(=O)(=O)O)C(=O)/C(=C\c2ccc(/C=C3\C(=O)C(CI)(CS(=O)(=O)O)C(C)(C)C3C)cc2)C(C)C1(C)C. The molecule has 8 nitrogen and oxygen atoms in total. The highest BCUT2D eigenvalue weighted by Gasteiger charge is 2.63. The molecule has 0 saturated heterocycles. The van der Waals surface area contributed by atoms with Crippen LogP contribution in [0.3, 0.4) is 0 Å². The maximum Gasteiger partial charge on any atom is 0.265 e. The molecular weight excluding hydrogens is 667 g/mol. The lowest BCUT2D eigenvalue weighted by Crippen LogP contribution is -2.47. The van der Waals surface area contributed by atoms with Gasteiger partial charge < -0.3 is 0 Å². The molecule has 4 unspecified atom stereocenters. The van der Waals surface area contributed by atoms with Crippen molar-refractivity contribution in [2.45, 2.75) is 54.9 Å². The minimum Gasteiger partial charge on any atom is -0.294 e. The Morgan fingerprint density at radius 3 is 1.40 bits per heavy atom. The molecule has 0 spiro atoms. The number of carbonyl (C=O) groups is 2. The van der Waals surface area contributed by atoms with Crippen LogP contribution >= 0.6 is 22.6 Å². The van der Waals surface area contributed by atoms with Crippen LogP contribution in [0.5, 0.6) is 0 Å². The number of halogens is 1. The first-order valence-electron chi connectivity index (χ1n) is 13.2. The lowest BCUT2D eigenvalue weighted by molar-refractivity contribution is -0.126. The summed E-state index contributed by atoms with van der Waals surface area (Å²) in [4.78, 5) is 27.3. The lowest BCUT2D eigenvalue weighted by Gasteiger charge is -2.40. The van der Waals surface area contributed by atoms with E-state index in [1.54, 1.807) is 43.3 Å². The maximum atomic E-state index is 13.6. The van der Waals surface area contributed by atoms with Gasteiger partial charge in [0.05, 0.1) is 22.3 Å². The number of allylic oxidation sites excluding steroid dienone is 2. The molecule has 4 atom stereocenters. The number of rotatable bonds is 8. The van der Waals surface area contributed by atoms with E-state index in [1.807, 2.05) is 64.1 Å². The van der Waals surface area contributed by atoms with Crippen LogP contribution in [0.15, 0.2) is 35.4 Å². The number of alkyl halides is 1. The molecule has 40 heavy (non-hydrogen) atoms. The van der Waals surface area contributed by atoms with E-state index in [-0.39, 0.29) is 34.3 Å². The molecule has 2 aliphatic carbocycles. The van der Waals surface area contributed by atoms with Crippen LogP contribution in [-0.4, -0.2) is 53.4 Å². The number of Topliss-reactive ketones (excluding diaryl/α,β-unsaturated/α-hetero) is 2. The standard InChI is InChI=1S/C29H39IO8S2/c1-8-28(16-39(33,34)35)24(31)22(18(2)26(28,4)5)13-20-9-11-21(12-10-20)14-23-19(3)27(6,7)29(15-30,25(23)32)17-40(36,37)38/h9-14,18-19H,8,15-17H2,1-7H3,(H,33,34,35)(H,36,37,38)/b22-13-,23-14-. The smallest absolute Gasteiger partial charge is 0.265 e. The first-order valence-corrected chi connectivity index (χ1v) is 17.9. The van der Waals surface area contributed by atoms with E-state index in [2.05, 4.69) is 0 Å². The summed E-state index contributed by atoms with van der Waals surface area (Å²) in [7, 11) is -8.78. The molecule has 0 bridgehead atoms. The van der Waals surface area contributed by atoms with Gasteiger partial charge in [0.2, 0.25) is 0 Å². The molecule has 0 radical (unpaired) electrons. The molecule has 11 heteroatoms. The first kappa shape index (κ1) is 33.1. The zero-order valence-electron chi connectivity index (χ0n) is 24.0. The molecule has 2 saturated carbocycles. The van der Waals surface area contributed by atoms with Gasteiger partial charge in [0.25, 0.3) is 20.2 Å². The van der Waals surface area contributed by atoms with Crippen molar-refractivity contribution < 1.29 is 35.5 Å². The highest BCUT2D eigenvalue weighted by molar-refractivity contribution is 14.1. The van der Waals surface area contributed by atoms with Gasteiger partial charge in [0, 0.05) is 4.43 Å². The molecular formula is C29H39IO8S2. The largest absolute Gasteiger partial charge is 0.294 e. The lowest BCUT2D eigenvalue weighted by atomic mass is 9.64. The van der Waals surface area contributed by atoms with E-state index in [0.29, 0.717) is 11.1 Å². The van der Waals surface area contributed by atoms with Crippen molar-refractivity contribution in [3.8, 4) is 0 Å². The summed E-state index contributed by atoms with van der Waals surface area (Å²) < 4.78 is 67.0. The van der Waals surface area contributed by atoms with Gasteiger partial charge in [-0.25, -0.2) is 0 Å². The van der Waals surface area contributed by atoms with E-state index in [0.717, 1.165) is 11.1 Å². The van der Waals surface area contributed by atoms with Crippen LogP contribution in [0.2, 0.25) is 0 Å². The number of ketones is 2. The van der Waals surface area contributed by atoms with Crippen LogP contribution in [0, 0.1) is 33.5 Å². The van der Waals surface area contributed by atoms with Gasteiger partial charge in [-0.15, -0.1) is 0 Å². The molecule has 222 valence electrons. The molecule has 1 aromatic carbocycles. The van der Waals surface area contributed by atoms with Crippen molar-refractivity contribution in [3.05, 3.63) is 46.5 Å². The second kappa shape index (κ2) is 10.7. The maximum absolute atomic E-state index is 13.6. The Morgan fingerprint density at radius 2 is 1.07 bits per heavy atom. The van der Waals surface area contributed by atoms with E-state index in [1.165, 1.54) is 0 Å². The van der Waals surface area contributed by atoms with E-state index in [9.17, 15) is 35.5 Å². The Balaban J connectivity index is 2.00. The Kier molecular flexibility index (Phi) is 8.85. The van der Waals surface area contributed by atoms with Crippen LogP contribution < -0.4 is 0 Å². The molecule has 1 aromatic rings. The van der Waals surface area contributed by atoms with Crippen LogP contribution in [-0.2, 0) is 29.8 Å². The fourth-order valence-electron chi connectivity index (χ4n) is 6.68. The Labute approximate surface area is 251 Å².